The third-order valence-corrected chi connectivity index (χ3v) is 1.59. The van der Waals surface area contributed by atoms with Crippen molar-refractivity contribution in [3.8, 4) is 0 Å². The zero-order valence-corrected chi connectivity index (χ0v) is 7.18. The standard InChI is InChI=1S/C9H15NO/c1-3-7-11-9-5-4-6-10-8(9)2/h4-5,10H,3,6-7H2,1-2H3. The molecule has 11 heavy (non-hydrogen) atoms. The Balaban J connectivity index is 2.47. The van der Waals surface area contributed by atoms with E-state index in [-0.39, 0.29) is 0 Å². The van der Waals surface area contributed by atoms with Crippen LogP contribution in [-0.2, 0) is 4.74 Å². The van der Waals surface area contributed by atoms with Gasteiger partial charge in [-0.05, 0) is 19.4 Å². The molecule has 2 nitrogen and oxygen atoms in total. The van der Waals surface area contributed by atoms with Gasteiger partial charge in [-0.3, -0.25) is 0 Å². The Morgan fingerprint density at radius 2 is 2.45 bits per heavy atom. The predicted molar refractivity (Wildman–Crippen MR) is 46.1 cm³/mol. The molecule has 0 radical (unpaired) electrons. The lowest BCUT2D eigenvalue weighted by atomic mass is 10.3. The maximum atomic E-state index is 5.47. The van der Waals surface area contributed by atoms with Gasteiger partial charge in [0.05, 0.1) is 12.3 Å². The molecule has 0 aliphatic carbocycles. The van der Waals surface area contributed by atoms with Gasteiger partial charge < -0.3 is 10.1 Å². The normalized spacial score (nSPS) is 16.5. The number of ether oxygens (including phenoxy) is 1. The van der Waals surface area contributed by atoms with Crippen LogP contribution in [0, 0.1) is 0 Å². The van der Waals surface area contributed by atoms with Crippen LogP contribution in [-0.4, -0.2) is 13.2 Å². The van der Waals surface area contributed by atoms with Crippen molar-refractivity contribution in [3.05, 3.63) is 23.6 Å². The Hall–Kier alpha value is -0.920. The molecule has 0 aromatic rings. The zero-order valence-electron chi connectivity index (χ0n) is 7.18. The Morgan fingerprint density at radius 3 is 3.09 bits per heavy atom. The van der Waals surface area contributed by atoms with E-state index < -0.39 is 0 Å². The lowest BCUT2D eigenvalue weighted by Crippen LogP contribution is -2.17. The number of dihydropyridines is 1. The van der Waals surface area contributed by atoms with Gasteiger partial charge in [-0.15, -0.1) is 0 Å². The quantitative estimate of drug-likeness (QED) is 0.667. The molecule has 0 saturated carbocycles. The van der Waals surface area contributed by atoms with Crippen LogP contribution in [0.25, 0.3) is 0 Å². The van der Waals surface area contributed by atoms with E-state index in [4.69, 9.17) is 4.74 Å². The molecule has 1 heterocycles. The van der Waals surface area contributed by atoms with E-state index in [1.807, 2.05) is 13.0 Å². The summed E-state index contributed by atoms with van der Waals surface area (Å²) in [4.78, 5) is 0. The predicted octanol–water partition coefficient (Wildman–Crippen LogP) is 1.80. The fourth-order valence-corrected chi connectivity index (χ4v) is 0.958. The first-order chi connectivity index (χ1) is 5.34. The maximum Gasteiger partial charge on any atom is 0.137 e. The first-order valence-corrected chi connectivity index (χ1v) is 4.08. The molecule has 0 saturated heterocycles. The fourth-order valence-electron chi connectivity index (χ4n) is 0.958. The van der Waals surface area contributed by atoms with Crippen LogP contribution in [0.15, 0.2) is 23.6 Å². The first kappa shape index (κ1) is 8.18. The van der Waals surface area contributed by atoms with E-state index in [1.165, 1.54) is 0 Å². The summed E-state index contributed by atoms with van der Waals surface area (Å²) in [5.41, 5.74) is 1.14. The molecule has 62 valence electrons. The van der Waals surface area contributed by atoms with Gasteiger partial charge in [-0.2, -0.15) is 0 Å². The summed E-state index contributed by atoms with van der Waals surface area (Å²) in [6, 6.07) is 0. The molecule has 2 heteroatoms. The summed E-state index contributed by atoms with van der Waals surface area (Å²) < 4.78 is 5.47. The fraction of sp³-hybridized carbons (Fsp3) is 0.556. The smallest absolute Gasteiger partial charge is 0.137 e. The Labute approximate surface area is 67.9 Å². The van der Waals surface area contributed by atoms with E-state index >= 15 is 0 Å². The Bertz CT molecular complexity index is 182. The van der Waals surface area contributed by atoms with E-state index in [9.17, 15) is 0 Å². The summed E-state index contributed by atoms with van der Waals surface area (Å²) in [6.07, 6.45) is 5.16. The van der Waals surface area contributed by atoms with Gasteiger partial charge >= 0.3 is 0 Å². The highest BCUT2D eigenvalue weighted by atomic mass is 16.5. The summed E-state index contributed by atoms with van der Waals surface area (Å²) in [7, 11) is 0. The van der Waals surface area contributed by atoms with Crippen molar-refractivity contribution >= 4 is 0 Å². The van der Waals surface area contributed by atoms with E-state index in [0.717, 1.165) is 31.0 Å². The molecule has 1 rings (SSSR count). The minimum absolute atomic E-state index is 0.804. The van der Waals surface area contributed by atoms with Gasteiger partial charge in [0, 0.05) is 6.54 Å². The van der Waals surface area contributed by atoms with Crippen molar-refractivity contribution < 1.29 is 4.74 Å². The van der Waals surface area contributed by atoms with Crippen molar-refractivity contribution in [2.75, 3.05) is 13.2 Å². The minimum atomic E-state index is 0.804. The lowest BCUT2D eigenvalue weighted by Gasteiger charge is -2.14. The Kier molecular flexibility index (Phi) is 3.02. The lowest BCUT2D eigenvalue weighted by molar-refractivity contribution is 0.218. The van der Waals surface area contributed by atoms with Crippen LogP contribution >= 0.6 is 0 Å². The third kappa shape index (κ3) is 2.30. The van der Waals surface area contributed by atoms with E-state index in [0.29, 0.717) is 0 Å². The SMILES string of the molecule is CCCOC1=C(C)NCC=C1. The van der Waals surface area contributed by atoms with Gasteiger partial charge in [0.25, 0.3) is 0 Å². The second-order valence-corrected chi connectivity index (χ2v) is 2.62. The van der Waals surface area contributed by atoms with Crippen molar-refractivity contribution in [2.45, 2.75) is 20.3 Å². The summed E-state index contributed by atoms with van der Waals surface area (Å²) >= 11 is 0. The number of rotatable bonds is 3. The molecular weight excluding hydrogens is 138 g/mol. The maximum absolute atomic E-state index is 5.47. The average Bonchev–Trinajstić information content (AvgIpc) is 2.03. The largest absolute Gasteiger partial charge is 0.492 e. The van der Waals surface area contributed by atoms with Gasteiger partial charge in [0.1, 0.15) is 5.76 Å². The zero-order chi connectivity index (χ0) is 8.10. The van der Waals surface area contributed by atoms with E-state index in [2.05, 4.69) is 18.3 Å². The molecule has 0 atom stereocenters. The number of nitrogens with one attached hydrogen (secondary N) is 1. The number of hydrogen-bond acceptors (Lipinski definition) is 2. The third-order valence-electron chi connectivity index (χ3n) is 1.59. The van der Waals surface area contributed by atoms with Crippen molar-refractivity contribution in [3.63, 3.8) is 0 Å². The first-order valence-electron chi connectivity index (χ1n) is 4.08. The molecule has 0 aromatic carbocycles. The summed E-state index contributed by atoms with van der Waals surface area (Å²) in [5, 5.41) is 3.21. The minimum Gasteiger partial charge on any atom is -0.492 e. The molecule has 0 aromatic heterocycles. The van der Waals surface area contributed by atoms with Crippen LogP contribution in [0.4, 0.5) is 0 Å². The molecule has 0 amide bonds. The topological polar surface area (TPSA) is 21.3 Å². The van der Waals surface area contributed by atoms with Crippen LogP contribution in [0.2, 0.25) is 0 Å². The molecule has 0 bridgehead atoms. The van der Waals surface area contributed by atoms with Crippen LogP contribution in [0.1, 0.15) is 20.3 Å². The second kappa shape index (κ2) is 4.06. The van der Waals surface area contributed by atoms with Crippen LogP contribution < -0.4 is 5.32 Å². The number of hydrogen-bond donors (Lipinski definition) is 1. The molecule has 1 aliphatic heterocycles. The molecule has 1 aliphatic rings. The molecule has 0 spiro atoms. The van der Waals surface area contributed by atoms with Gasteiger partial charge in [0.15, 0.2) is 0 Å². The second-order valence-electron chi connectivity index (χ2n) is 2.62. The highest BCUT2D eigenvalue weighted by molar-refractivity contribution is 5.22. The molecule has 0 fully saturated rings. The molecular formula is C9H15NO. The highest BCUT2D eigenvalue weighted by Crippen LogP contribution is 2.08. The van der Waals surface area contributed by atoms with Crippen molar-refractivity contribution in [1.29, 1.82) is 0 Å². The van der Waals surface area contributed by atoms with Crippen molar-refractivity contribution in [2.24, 2.45) is 0 Å². The van der Waals surface area contributed by atoms with Crippen molar-refractivity contribution in [1.82, 2.24) is 5.32 Å². The average molecular weight is 153 g/mol. The van der Waals surface area contributed by atoms with Crippen LogP contribution in [0.5, 0.6) is 0 Å². The highest BCUT2D eigenvalue weighted by Gasteiger charge is 2.02. The summed E-state index contributed by atoms with van der Waals surface area (Å²) in [6.45, 7) is 5.87. The van der Waals surface area contributed by atoms with Gasteiger partial charge in [0.2, 0.25) is 0 Å². The molecule has 0 unspecified atom stereocenters. The number of allylic oxidation sites excluding steroid dienone is 2. The summed E-state index contributed by atoms with van der Waals surface area (Å²) in [5.74, 6) is 0.984. The van der Waals surface area contributed by atoms with Gasteiger partial charge in [-0.25, -0.2) is 0 Å². The van der Waals surface area contributed by atoms with Crippen LogP contribution in [0.3, 0.4) is 0 Å². The monoisotopic (exact) mass is 153 g/mol. The van der Waals surface area contributed by atoms with E-state index in [1.54, 1.807) is 0 Å². The molecule has 1 N–H and O–H groups in total. The Morgan fingerprint density at radius 1 is 1.64 bits per heavy atom. The van der Waals surface area contributed by atoms with Gasteiger partial charge in [-0.1, -0.05) is 13.0 Å².